The molecule has 1 aliphatic heterocycles. The third-order valence-corrected chi connectivity index (χ3v) is 4.02. The third-order valence-electron chi connectivity index (χ3n) is 3.05. The van der Waals surface area contributed by atoms with Gasteiger partial charge in [-0.2, -0.15) is 30.4 Å². The largest absolute Gasteiger partial charge is 0.534 e. The summed E-state index contributed by atoms with van der Waals surface area (Å²) in [4.78, 5) is 1.27. The first-order valence-electron chi connectivity index (χ1n) is 6.37. The third kappa shape index (κ3) is 4.20. The Kier molecular flexibility index (Phi) is 4.67. The zero-order valence-corrected chi connectivity index (χ0v) is 12.4. The van der Waals surface area contributed by atoms with E-state index in [9.17, 15) is 30.4 Å². The van der Waals surface area contributed by atoms with E-state index in [1.807, 2.05) is 0 Å². The molecule has 128 valence electrons. The molecule has 4 nitrogen and oxygen atoms in total. The van der Waals surface area contributed by atoms with Gasteiger partial charge in [0.05, 0.1) is 6.54 Å². The first kappa shape index (κ1) is 17.7. The molecule has 0 atom stereocenters. The smallest absolute Gasteiger partial charge is 0.374 e. The maximum Gasteiger partial charge on any atom is 0.534 e. The van der Waals surface area contributed by atoms with Crippen LogP contribution in [0.3, 0.4) is 0 Å². The van der Waals surface area contributed by atoms with Gasteiger partial charge in [-0.05, 0) is 11.6 Å². The van der Waals surface area contributed by atoms with Crippen molar-refractivity contribution in [1.82, 2.24) is 4.90 Å². The van der Waals surface area contributed by atoms with E-state index >= 15 is 0 Å². The topological polar surface area (TPSA) is 46.6 Å². The minimum absolute atomic E-state index is 0.145. The highest BCUT2D eigenvalue weighted by atomic mass is 32.2. The highest BCUT2D eigenvalue weighted by Gasteiger charge is 2.52. The molecule has 0 amide bonds. The Morgan fingerprint density at radius 3 is 2.30 bits per heavy atom. The fourth-order valence-corrected chi connectivity index (χ4v) is 2.53. The van der Waals surface area contributed by atoms with Crippen LogP contribution in [-0.2, 0) is 20.8 Å². The summed E-state index contributed by atoms with van der Waals surface area (Å²) < 4.78 is 89.7. The number of hydrogen-bond donors (Lipinski definition) is 0. The van der Waals surface area contributed by atoms with Gasteiger partial charge in [0.25, 0.3) is 0 Å². The molecular formula is C13H12F5NO3S. The molecule has 0 radical (unpaired) electrons. The van der Waals surface area contributed by atoms with E-state index in [2.05, 4.69) is 4.18 Å². The second-order valence-corrected chi connectivity index (χ2v) is 6.45. The van der Waals surface area contributed by atoms with Gasteiger partial charge < -0.3 is 4.18 Å². The van der Waals surface area contributed by atoms with E-state index < -0.39 is 33.9 Å². The van der Waals surface area contributed by atoms with Crippen molar-refractivity contribution in [3.05, 3.63) is 47.7 Å². The molecule has 0 saturated carbocycles. The van der Waals surface area contributed by atoms with Crippen LogP contribution in [0.4, 0.5) is 22.0 Å². The molecule has 0 N–H and O–H groups in total. The van der Waals surface area contributed by atoms with Crippen molar-refractivity contribution in [1.29, 1.82) is 0 Å². The minimum atomic E-state index is -6.11. The molecule has 23 heavy (non-hydrogen) atoms. The van der Waals surface area contributed by atoms with Crippen molar-refractivity contribution in [3.8, 4) is 0 Å². The van der Waals surface area contributed by atoms with Crippen molar-refractivity contribution < 1.29 is 34.6 Å². The lowest BCUT2D eigenvalue weighted by Crippen LogP contribution is -2.44. The van der Waals surface area contributed by atoms with Crippen LogP contribution in [0.1, 0.15) is 5.56 Å². The van der Waals surface area contributed by atoms with Gasteiger partial charge in [0.2, 0.25) is 0 Å². The molecule has 0 unspecified atom stereocenters. The van der Waals surface area contributed by atoms with Crippen molar-refractivity contribution in [2.24, 2.45) is 0 Å². The quantitative estimate of drug-likeness (QED) is 0.472. The van der Waals surface area contributed by atoms with Gasteiger partial charge in [-0.1, -0.05) is 30.3 Å². The van der Waals surface area contributed by atoms with Crippen LogP contribution < -0.4 is 0 Å². The first-order chi connectivity index (χ1) is 10.5. The Hall–Kier alpha value is -1.68. The number of hydrogen-bond acceptors (Lipinski definition) is 4. The molecule has 0 saturated heterocycles. The Bertz CT molecular complexity index is 685. The number of alkyl halides is 5. The van der Waals surface area contributed by atoms with Crippen LogP contribution in [0.5, 0.6) is 0 Å². The van der Waals surface area contributed by atoms with Crippen LogP contribution >= 0.6 is 0 Å². The molecule has 1 aromatic rings. The molecular weight excluding hydrogens is 345 g/mol. The van der Waals surface area contributed by atoms with E-state index in [-0.39, 0.29) is 13.1 Å². The summed E-state index contributed by atoms with van der Waals surface area (Å²) in [7, 11) is -6.11. The van der Waals surface area contributed by atoms with E-state index in [1.54, 1.807) is 30.3 Å². The van der Waals surface area contributed by atoms with Gasteiger partial charge in [0.1, 0.15) is 0 Å². The summed E-state index contributed by atoms with van der Waals surface area (Å²) in [5.41, 5.74) is -5.02. The van der Waals surface area contributed by atoms with Crippen molar-refractivity contribution in [2.75, 3.05) is 13.1 Å². The Labute approximate surface area is 129 Å². The summed E-state index contributed by atoms with van der Waals surface area (Å²) >= 11 is 0. The zero-order valence-electron chi connectivity index (χ0n) is 11.6. The highest BCUT2D eigenvalue weighted by molar-refractivity contribution is 7.87. The van der Waals surface area contributed by atoms with Gasteiger partial charge >= 0.3 is 21.5 Å². The number of nitrogens with zero attached hydrogens (tertiary/aromatic N) is 1. The van der Waals surface area contributed by atoms with E-state index in [4.69, 9.17) is 0 Å². The summed E-state index contributed by atoms with van der Waals surface area (Å²) in [5, 5.41) is 0. The normalized spacial score (nSPS) is 19.3. The van der Waals surface area contributed by atoms with Crippen LogP contribution in [0.2, 0.25) is 0 Å². The lowest BCUT2D eigenvalue weighted by atomic mass is 10.1. The predicted octanol–water partition coefficient (Wildman–Crippen LogP) is 2.89. The molecule has 0 aliphatic carbocycles. The molecule has 1 aliphatic rings. The molecule has 0 bridgehead atoms. The maximum atomic E-state index is 13.9. The van der Waals surface area contributed by atoms with Gasteiger partial charge in [0, 0.05) is 13.1 Å². The fraction of sp³-hybridized carbons (Fsp3) is 0.385. The van der Waals surface area contributed by atoms with Gasteiger partial charge in [-0.15, -0.1) is 0 Å². The van der Waals surface area contributed by atoms with E-state index in [0.29, 0.717) is 6.08 Å². The maximum absolute atomic E-state index is 13.9. The van der Waals surface area contributed by atoms with Gasteiger partial charge in [0.15, 0.2) is 5.76 Å². The monoisotopic (exact) mass is 357 g/mol. The van der Waals surface area contributed by atoms with Crippen LogP contribution in [0.25, 0.3) is 0 Å². The van der Waals surface area contributed by atoms with Crippen molar-refractivity contribution in [2.45, 2.75) is 18.0 Å². The average Bonchev–Trinajstić information content (AvgIpc) is 2.41. The molecule has 0 spiro atoms. The Morgan fingerprint density at radius 2 is 1.78 bits per heavy atom. The van der Waals surface area contributed by atoms with E-state index in [1.165, 1.54) is 4.90 Å². The molecule has 0 aromatic heterocycles. The molecule has 2 rings (SSSR count). The van der Waals surface area contributed by atoms with E-state index in [0.717, 1.165) is 5.56 Å². The zero-order chi connectivity index (χ0) is 17.3. The van der Waals surface area contributed by atoms with Crippen molar-refractivity contribution >= 4 is 10.1 Å². The second-order valence-electron chi connectivity index (χ2n) is 4.91. The SMILES string of the molecule is O=S(=O)(OC1=CCN(Cc2ccccc2)CC1(F)F)C(F)(F)F. The molecule has 10 heteroatoms. The standard InChI is InChI=1S/C13H12F5NO3S/c14-12(15)9-19(8-10-4-2-1-3-5-10)7-6-11(12)22-23(20,21)13(16,17)18/h1-6H,7-9H2. The summed E-state index contributed by atoms with van der Waals surface area (Å²) in [5.74, 6) is -5.34. The van der Waals surface area contributed by atoms with Gasteiger partial charge in [-0.3, -0.25) is 4.90 Å². The lowest BCUT2D eigenvalue weighted by Gasteiger charge is -2.31. The van der Waals surface area contributed by atoms with Crippen LogP contribution in [-0.4, -0.2) is 37.8 Å². The number of rotatable bonds is 4. The van der Waals surface area contributed by atoms with Gasteiger partial charge in [-0.25, -0.2) is 0 Å². The number of benzene rings is 1. The Morgan fingerprint density at radius 1 is 1.17 bits per heavy atom. The predicted molar refractivity (Wildman–Crippen MR) is 70.8 cm³/mol. The number of halogens is 5. The lowest BCUT2D eigenvalue weighted by molar-refractivity contribution is -0.0641. The highest BCUT2D eigenvalue weighted by Crippen LogP contribution is 2.35. The summed E-state index contributed by atoms with van der Waals surface area (Å²) in [6, 6.07) is 8.61. The summed E-state index contributed by atoms with van der Waals surface area (Å²) in [6.07, 6.45) is 0.649. The second kappa shape index (κ2) is 6.08. The summed E-state index contributed by atoms with van der Waals surface area (Å²) in [6.45, 7) is -0.958. The molecule has 1 heterocycles. The van der Waals surface area contributed by atoms with Crippen molar-refractivity contribution in [3.63, 3.8) is 0 Å². The first-order valence-corrected chi connectivity index (χ1v) is 7.77. The average molecular weight is 357 g/mol. The van der Waals surface area contributed by atoms with Crippen LogP contribution in [0.15, 0.2) is 42.2 Å². The minimum Gasteiger partial charge on any atom is -0.374 e. The fourth-order valence-electron chi connectivity index (χ4n) is 2.01. The molecule has 1 aromatic carbocycles. The molecule has 0 fully saturated rings. The Balaban J connectivity index is 2.13. The van der Waals surface area contributed by atoms with Crippen LogP contribution in [0, 0.1) is 0 Å².